The molecular formula is C11H18O6. The topological polar surface area (TPSA) is 78.9 Å². The van der Waals surface area contributed by atoms with E-state index in [4.69, 9.17) is 14.2 Å². The normalized spacial score (nSPS) is 11.5. The molecule has 1 unspecified atom stereocenters. The second kappa shape index (κ2) is 8.55. The maximum atomic E-state index is 10.8. The van der Waals surface area contributed by atoms with Crippen molar-refractivity contribution in [1.82, 2.24) is 0 Å². The zero-order chi connectivity index (χ0) is 13.3. The average Bonchev–Trinajstić information content (AvgIpc) is 2.19. The monoisotopic (exact) mass is 246 g/mol. The average molecular weight is 246 g/mol. The van der Waals surface area contributed by atoms with Crippen molar-refractivity contribution in [3.05, 3.63) is 0 Å². The molecular weight excluding hydrogens is 228 g/mol. The van der Waals surface area contributed by atoms with Gasteiger partial charge in [-0.05, 0) is 12.8 Å². The van der Waals surface area contributed by atoms with Gasteiger partial charge in [-0.15, -0.1) is 0 Å². The molecule has 0 rings (SSSR count). The van der Waals surface area contributed by atoms with Crippen LogP contribution in [0.2, 0.25) is 0 Å². The van der Waals surface area contributed by atoms with Crippen molar-refractivity contribution in [2.45, 2.75) is 39.7 Å². The number of rotatable bonds is 7. The molecule has 0 saturated carbocycles. The molecule has 0 aromatic carbocycles. The molecule has 0 N–H and O–H groups in total. The smallest absolute Gasteiger partial charge is 0.303 e. The van der Waals surface area contributed by atoms with E-state index in [1.54, 1.807) is 0 Å². The van der Waals surface area contributed by atoms with Crippen LogP contribution in [0.3, 0.4) is 0 Å². The third kappa shape index (κ3) is 10.7. The predicted molar refractivity (Wildman–Crippen MR) is 58.1 cm³/mol. The van der Waals surface area contributed by atoms with Crippen molar-refractivity contribution in [2.24, 2.45) is 0 Å². The summed E-state index contributed by atoms with van der Waals surface area (Å²) in [5, 5.41) is 0. The molecule has 0 aliphatic rings. The lowest BCUT2D eigenvalue weighted by Gasteiger charge is -2.16. The number of hydrogen-bond acceptors (Lipinski definition) is 6. The second-order valence-electron chi connectivity index (χ2n) is 3.52. The molecule has 98 valence electrons. The van der Waals surface area contributed by atoms with Gasteiger partial charge in [0, 0.05) is 20.8 Å². The lowest BCUT2D eigenvalue weighted by atomic mass is 10.2. The Bertz CT molecular complexity index is 273. The van der Waals surface area contributed by atoms with Crippen LogP contribution in [0.15, 0.2) is 0 Å². The Kier molecular flexibility index (Phi) is 7.75. The Hall–Kier alpha value is -1.59. The van der Waals surface area contributed by atoms with Gasteiger partial charge in [0.2, 0.25) is 0 Å². The Morgan fingerprint density at radius 2 is 1.53 bits per heavy atom. The second-order valence-corrected chi connectivity index (χ2v) is 3.52. The lowest BCUT2D eigenvalue weighted by Crippen LogP contribution is -2.24. The summed E-state index contributed by atoms with van der Waals surface area (Å²) in [6, 6.07) is 0. The minimum absolute atomic E-state index is 0.0228. The fourth-order valence-corrected chi connectivity index (χ4v) is 1.15. The van der Waals surface area contributed by atoms with Gasteiger partial charge in [-0.25, -0.2) is 0 Å². The van der Waals surface area contributed by atoms with Crippen molar-refractivity contribution >= 4 is 17.9 Å². The van der Waals surface area contributed by atoms with Crippen LogP contribution in [0.5, 0.6) is 0 Å². The lowest BCUT2D eigenvalue weighted by molar-refractivity contribution is -0.157. The highest BCUT2D eigenvalue weighted by atomic mass is 16.6. The standard InChI is InChI=1S/C11H18O6/c1-8(12)15-6-4-5-11(17-10(3)14)7-16-9(2)13/h11H,4-7H2,1-3H3. The molecule has 1 atom stereocenters. The SMILES string of the molecule is CC(=O)OCCCC(COC(C)=O)OC(C)=O. The van der Waals surface area contributed by atoms with E-state index in [0.29, 0.717) is 12.8 Å². The van der Waals surface area contributed by atoms with E-state index in [1.165, 1.54) is 20.8 Å². The molecule has 0 radical (unpaired) electrons. The third-order valence-corrected chi connectivity index (χ3v) is 1.78. The van der Waals surface area contributed by atoms with Crippen LogP contribution in [0.25, 0.3) is 0 Å². The molecule has 0 aliphatic carbocycles. The fraction of sp³-hybridized carbons (Fsp3) is 0.727. The van der Waals surface area contributed by atoms with Crippen LogP contribution in [-0.4, -0.2) is 37.2 Å². The Labute approximate surface area is 100 Å². The van der Waals surface area contributed by atoms with Gasteiger partial charge in [0.25, 0.3) is 0 Å². The van der Waals surface area contributed by atoms with E-state index in [0.717, 1.165) is 0 Å². The first-order chi connectivity index (χ1) is 7.91. The summed E-state index contributed by atoms with van der Waals surface area (Å²) in [5.41, 5.74) is 0. The first-order valence-corrected chi connectivity index (χ1v) is 5.35. The number of carbonyl (C=O) groups excluding carboxylic acids is 3. The predicted octanol–water partition coefficient (Wildman–Crippen LogP) is 0.825. The van der Waals surface area contributed by atoms with Crippen LogP contribution in [0, 0.1) is 0 Å². The van der Waals surface area contributed by atoms with Crippen molar-refractivity contribution < 1.29 is 28.6 Å². The minimum Gasteiger partial charge on any atom is -0.466 e. The molecule has 0 aromatic rings. The number of hydrogen-bond donors (Lipinski definition) is 0. The number of carbonyl (C=O) groups is 3. The van der Waals surface area contributed by atoms with Crippen LogP contribution in [-0.2, 0) is 28.6 Å². The van der Waals surface area contributed by atoms with Gasteiger partial charge in [0.15, 0.2) is 0 Å². The van der Waals surface area contributed by atoms with E-state index in [2.05, 4.69) is 0 Å². The molecule has 6 nitrogen and oxygen atoms in total. The maximum Gasteiger partial charge on any atom is 0.303 e. The minimum atomic E-state index is -0.494. The van der Waals surface area contributed by atoms with E-state index in [-0.39, 0.29) is 19.2 Å². The summed E-state index contributed by atoms with van der Waals surface area (Å²) in [4.78, 5) is 31.9. The molecule has 0 spiro atoms. The number of ether oxygens (including phenoxy) is 3. The van der Waals surface area contributed by atoms with Crippen molar-refractivity contribution in [3.63, 3.8) is 0 Å². The zero-order valence-electron chi connectivity index (χ0n) is 10.4. The van der Waals surface area contributed by atoms with Crippen molar-refractivity contribution in [2.75, 3.05) is 13.2 Å². The first-order valence-electron chi connectivity index (χ1n) is 5.35. The fourth-order valence-electron chi connectivity index (χ4n) is 1.15. The summed E-state index contributed by atoms with van der Waals surface area (Å²) in [6.45, 7) is 4.17. The van der Waals surface area contributed by atoms with E-state index in [9.17, 15) is 14.4 Å². The molecule has 0 fully saturated rings. The summed E-state index contributed by atoms with van der Waals surface area (Å²) in [7, 11) is 0. The van der Waals surface area contributed by atoms with Gasteiger partial charge in [-0.2, -0.15) is 0 Å². The highest BCUT2D eigenvalue weighted by Gasteiger charge is 2.13. The van der Waals surface area contributed by atoms with Gasteiger partial charge < -0.3 is 14.2 Å². The summed E-state index contributed by atoms with van der Waals surface area (Å²) in [5.74, 6) is -1.22. The molecule has 0 heterocycles. The summed E-state index contributed by atoms with van der Waals surface area (Å²) in [6.07, 6.45) is 0.519. The maximum absolute atomic E-state index is 10.8. The van der Waals surface area contributed by atoms with E-state index >= 15 is 0 Å². The van der Waals surface area contributed by atoms with E-state index in [1.807, 2.05) is 0 Å². The van der Waals surface area contributed by atoms with Crippen LogP contribution < -0.4 is 0 Å². The summed E-state index contributed by atoms with van der Waals surface area (Å²) < 4.78 is 14.4. The molecule has 0 amide bonds. The summed E-state index contributed by atoms with van der Waals surface area (Å²) >= 11 is 0. The Balaban J connectivity index is 3.88. The molecule has 17 heavy (non-hydrogen) atoms. The van der Waals surface area contributed by atoms with Crippen LogP contribution >= 0.6 is 0 Å². The molecule has 6 heteroatoms. The van der Waals surface area contributed by atoms with Gasteiger partial charge >= 0.3 is 17.9 Å². The van der Waals surface area contributed by atoms with Gasteiger partial charge in [-0.1, -0.05) is 0 Å². The molecule has 0 saturated heterocycles. The highest BCUT2D eigenvalue weighted by Crippen LogP contribution is 2.04. The van der Waals surface area contributed by atoms with Gasteiger partial charge in [-0.3, -0.25) is 14.4 Å². The van der Waals surface area contributed by atoms with Crippen LogP contribution in [0.1, 0.15) is 33.6 Å². The highest BCUT2D eigenvalue weighted by molar-refractivity contribution is 5.67. The molecule has 0 bridgehead atoms. The Morgan fingerprint density at radius 1 is 0.941 bits per heavy atom. The Morgan fingerprint density at radius 3 is 2.00 bits per heavy atom. The van der Waals surface area contributed by atoms with Gasteiger partial charge in [0.05, 0.1) is 6.61 Å². The molecule has 0 aliphatic heterocycles. The van der Waals surface area contributed by atoms with Crippen molar-refractivity contribution in [3.8, 4) is 0 Å². The van der Waals surface area contributed by atoms with Crippen molar-refractivity contribution in [1.29, 1.82) is 0 Å². The van der Waals surface area contributed by atoms with Crippen LogP contribution in [0.4, 0.5) is 0 Å². The number of esters is 3. The quantitative estimate of drug-likeness (QED) is 0.376. The van der Waals surface area contributed by atoms with E-state index < -0.39 is 18.0 Å². The largest absolute Gasteiger partial charge is 0.466 e. The zero-order valence-corrected chi connectivity index (χ0v) is 10.4. The molecule has 0 aromatic heterocycles. The first kappa shape index (κ1) is 15.4. The third-order valence-electron chi connectivity index (χ3n) is 1.78. The van der Waals surface area contributed by atoms with Gasteiger partial charge in [0.1, 0.15) is 12.7 Å².